The Morgan fingerprint density at radius 1 is 0.344 bits per heavy atom. The molecule has 0 N–H and O–H groups in total. The summed E-state index contributed by atoms with van der Waals surface area (Å²) in [5.41, 5.74) is 22.1. The molecule has 0 amide bonds. The number of rotatable bonds is 4. The summed E-state index contributed by atoms with van der Waals surface area (Å²) in [6.07, 6.45) is 0. The van der Waals surface area contributed by atoms with Gasteiger partial charge in [-0.2, -0.15) is 0 Å². The Morgan fingerprint density at radius 3 is 1.52 bits per heavy atom. The number of hydrogen-bond donors (Lipinski definition) is 0. The fourth-order valence-electron chi connectivity index (χ4n) is 11.2. The van der Waals surface area contributed by atoms with Crippen molar-refractivity contribution in [2.24, 2.45) is 0 Å². The molecule has 14 rings (SSSR count). The van der Waals surface area contributed by atoms with Crippen LogP contribution in [0, 0.1) is 0 Å². The SMILES string of the molecule is c1ccc(-c2ccccc2B2c3cc4c(cc3-n3c5ccccc5c5cccc2c53)B(c2ccccc2-c2ccccc2)c2cccc3c2n-4c2nc4ccccc4n32)cc1. The van der Waals surface area contributed by atoms with Gasteiger partial charge in [0, 0.05) is 27.7 Å². The molecule has 9 aromatic carbocycles. The molecule has 61 heavy (non-hydrogen) atoms. The highest BCUT2D eigenvalue weighted by atomic mass is 15.2. The van der Waals surface area contributed by atoms with Crippen molar-refractivity contribution in [3.05, 3.63) is 206 Å². The van der Waals surface area contributed by atoms with Gasteiger partial charge in [0.15, 0.2) is 0 Å². The third-order valence-corrected chi connectivity index (χ3v) is 13.6. The van der Waals surface area contributed by atoms with E-state index in [1.54, 1.807) is 0 Å². The maximum Gasteiger partial charge on any atom is 0.247 e. The smallest absolute Gasteiger partial charge is 0.247 e. The van der Waals surface area contributed by atoms with Crippen LogP contribution in [0.2, 0.25) is 0 Å². The molecule has 2 aliphatic heterocycles. The molecule has 0 saturated heterocycles. The Labute approximate surface area is 352 Å². The second-order valence-corrected chi connectivity index (χ2v) is 16.6. The van der Waals surface area contributed by atoms with Gasteiger partial charge in [0.2, 0.25) is 19.2 Å². The van der Waals surface area contributed by atoms with E-state index in [2.05, 4.69) is 220 Å². The summed E-state index contributed by atoms with van der Waals surface area (Å²) in [7, 11) is 0. The van der Waals surface area contributed by atoms with Gasteiger partial charge < -0.3 is 4.57 Å². The maximum atomic E-state index is 5.42. The molecular formula is C55H34B2N4. The van der Waals surface area contributed by atoms with E-state index in [4.69, 9.17) is 4.98 Å². The van der Waals surface area contributed by atoms with Gasteiger partial charge in [0.25, 0.3) is 0 Å². The quantitative estimate of drug-likeness (QED) is 0.165. The van der Waals surface area contributed by atoms with E-state index in [-0.39, 0.29) is 13.4 Å². The molecule has 0 saturated carbocycles. The van der Waals surface area contributed by atoms with E-state index in [0.29, 0.717) is 0 Å². The van der Waals surface area contributed by atoms with Gasteiger partial charge in [-0.15, -0.1) is 0 Å². The average molecular weight is 773 g/mol. The van der Waals surface area contributed by atoms with Gasteiger partial charge >= 0.3 is 0 Å². The van der Waals surface area contributed by atoms with E-state index in [0.717, 1.165) is 16.8 Å². The first-order chi connectivity index (χ1) is 30.3. The van der Waals surface area contributed by atoms with Crippen molar-refractivity contribution >= 4 is 95.9 Å². The Kier molecular flexibility index (Phi) is 6.70. The molecule has 0 spiro atoms. The van der Waals surface area contributed by atoms with Gasteiger partial charge in [-0.3, -0.25) is 8.97 Å². The van der Waals surface area contributed by atoms with E-state index < -0.39 is 0 Å². The fraction of sp³-hybridized carbons (Fsp3) is 0. The third-order valence-electron chi connectivity index (χ3n) is 13.6. The summed E-state index contributed by atoms with van der Waals surface area (Å²) in [5.74, 6) is 0.936. The zero-order valence-electron chi connectivity index (χ0n) is 33.1. The van der Waals surface area contributed by atoms with Gasteiger partial charge in [0.1, 0.15) is 0 Å². The predicted molar refractivity (Wildman–Crippen MR) is 257 cm³/mol. The van der Waals surface area contributed by atoms with Gasteiger partial charge in [-0.05, 0) is 80.5 Å². The summed E-state index contributed by atoms with van der Waals surface area (Å²) in [4.78, 5) is 5.42. The number of imidazole rings is 2. The minimum absolute atomic E-state index is 0.0367. The molecule has 12 aromatic rings. The van der Waals surface area contributed by atoms with E-state index in [1.165, 1.54) is 99.2 Å². The second-order valence-electron chi connectivity index (χ2n) is 16.6. The lowest BCUT2D eigenvalue weighted by atomic mass is 9.32. The Bertz CT molecular complexity index is 3780. The van der Waals surface area contributed by atoms with Crippen LogP contribution in [-0.4, -0.2) is 31.9 Å². The van der Waals surface area contributed by atoms with E-state index in [9.17, 15) is 0 Å². The van der Waals surface area contributed by atoms with Crippen molar-refractivity contribution < 1.29 is 0 Å². The van der Waals surface area contributed by atoms with E-state index in [1.807, 2.05) is 0 Å². The summed E-state index contributed by atoms with van der Waals surface area (Å²) < 4.78 is 7.43. The van der Waals surface area contributed by atoms with Crippen LogP contribution in [0.25, 0.3) is 83.3 Å². The van der Waals surface area contributed by atoms with Crippen LogP contribution in [0.1, 0.15) is 0 Å². The number of fused-ring (bicyclic) bond motifs is 12. The highest BCUT2D eigenvalue weighted by Crippen LogP contribution is 2.36. The largest absolute Gasteiger partial charge is 0.310 e. The topological polar surface area (TPSA) is 27.2 Å². The van der Waals surface area contributed by atoms with Crippen LogP contribution in [0.5, 0.6) is 0 Å². The molecule has 0 atom stereocenters. The van der Waals surface area contributed by atoms with Gasteiger partial charge in [0.05, 0.1) is 27.6 Å². The lowest BCUT2D eigenvalue weighted by molar-refractivity contribution is 1.11. The average Bonchev–Trinajstić information content (AvgIpc) is 3.98. The molecule has 280 valence electrons. The molecule has 0 bridgehead atoms. The number of hydrogen-bond acceptors (Lipinski definition) is 1. The highest BCUT2D eigenvalue weighted by molar-refractivity contribution is 7.00. The molecule has 0 aliphatic carbocycles. The number of nitrogens with zero attached hydrogens (tertiary/aromatic N) is 4. The lowest BCUT2D eigenvalue weighted by Crippen LogP contribution is -2.60. The van der Waals surface area contributed by atoms with Crippen molar-refractivity contribution in [1.29, 1.82) is 0 Å². The van der Waals surface area contributed by atoms with Crippen molar-refractivity contribution in [3.63, 3.8) is 0 Å². The minimum Gasteiger partial charge on any atom is -0.310 e. The molecule has 0 fully saturated rings. The summed E-state index contributed by atoms with van der Waals surface area (Å²) in [6, 6.07) is 76.3. The molecular weight excluding hydrogens is 738 g/mol. The number of para-hydroxylation sites is 5. The van der Waals surface area contributed by atoms with Crippen LogP contribution in [-0.2, 0) is 0 Å². The normalized spacial score (nSPS) is 12.9. The van der Waals surface area contributed by atoms with Crippen LogP contribution in [0.15, 0.2) is 206 Å². The first kappa shape index (κ1) is 33.1. The van der Waals surface area contributed by atoms with Crippen molar-refractivity contribution in [3.8, 4) is 33.6 Å². The van der Waals surface area contributed by atoms with Crippen LogP contribution in [0.4, 0.5) is 0 Å². The fourth-order valence-corrected chi connectivity index (χ4v) is 11.2. The van der Waals surface area contributed by atoms with Crippen LogP contribution in [0.3, 0.4) is 0 Å². The van der Waals surface area contributed by atoms with Crippen molar-refractivity contribution in [1.82, 2.24) is 18.5 Å². The molecule has 0 unspecified atom stereocenters. The van der Waals surface area contributed by atoms with Crippen molar-refractivity contribution in [2.75, 3.05) is 0 Å². The molecule has 4 nitrogen and oxygen atoms in total. The van der Waals surface area contributed by atoms with Gasteiger partial charge in [-0.1, -0.05) is 181 Å². The molecule has 5 heterocycles. The Hall–Kier alpha value is -7.82. The number of benzene rings is 9. The molecule has 0 radical (unpaired) electrons. The molecule has 3 aromatic heterocycles. The second kappa shape index (κ2) is 12.4. The number of aromatic nitrogens is 4. The summed E-state index contributed by atoms with van der Waals surface area (Å²) in [6.45, 7) is -0.0892. The zero-order valence-corrected chi connectivity index (χ0v) is 33.1. The molecule has 2 aliphatic rings. The lowest BCUT2D eigenvalue weighted by Gasteiger charge is -2.33. The summed E-state index contributed by atoms with van der Waals surface area (Å²) >= 11 is 0. The molecule has 6 heteroatoms. The Morgan fingerprint density at radius 2 is 0.836 bits per heavy atom. The monoisotopic (exact) mass is 772 g/mol. The first-order valence-corrected chi connectivity index (χ1v) is 21.2. The van der Waals surface area contributed by atoms with Crippen molar-refractivity contribution in [2.45, 2.75) is 0 Å². The summed E-state index contributed by atoms with van der Waals surface area (Å²) in [5, 5.41) is 2.56. The Balaban J connectivity index is 1.17. The van der Waals surface area contributed by atoms with E-state index >= 15 is 0 Å². The van der Waals surface area contributed by atoms with Gasteiger partial charge in [-0.25, -0.2) is 4.98 Å². The maximum absolute atomic E-state index is 5.42. The van der Waals surface area contributed by atoms with Crippen LogP contribution < -0.4 is 32.8 Å². The standard InChI is InChI=1S/C55H34B2N4/c1-3-17-35(18-4-1)37-21-7-10-25-41(37)56-43-27-15-24-40-39-23-9-13-30-48(39)59(53(40)43)51-33-46-52(34-45(51)56)61-54-44(57(46)42-26-11-8-22-38(42)36-19-5-2-6-20-36)28-16-32-50(54)60-49-31-14-12-29-47(49)58-55(60)61/h1-34H. The minimum atomic E-state index is -0.0525. The zero-order chi connectivity index (χ0) is 39.8. The van der Waals surface area contributed by atoms with Crippen LogP contribution >= 0.6 is 0 Å². The first-order valence-electron chi connectivity index (χ1n) is 21.2. The predicted octanol–water partition coefficient (Wildman–Crippen LogP) is 8.52. The highest BCUT2D eigenvalue weighted by Gasteiger charge is 2.41. The third kappa shape index (κ3) is 4.43.